The van der Waals surface area contributed by atoms with Crippen LogP contribution >= 0.6 is 0 Å². The molecule has 24 heavy (non-hydrogen) atoms. The predicted octanol–water partition coefficient (Wildman–Crippen LogP) is 3.44. The smallest absolute Gasteiger partial charge is 0.309 e. The largest absolute Gasteiger partial charge is 0.497 e. The first-order valence-electron chi connectivity index (χ1n) is 7.91. The highest BCUT2D eigenvalue weighted by molar-refractivity contribution is 5.90. The van der Waals surface area contributed by atoms with Crippen molar-refractivity contribution in [3.8, 4) is 5.75 Å². The van der Waals surface area contributed by atoms with Gasteiger partial charge in [0.2, 0.25) is 0 Å². The molecule has 0 amide bonds. The molecule has 0 saturated heterocycles. The Bertz CT molecular complexity index is 826. The van der Waals surface area contributed by atoms with Crippen molar-refractivity contribution in [3.63, 3.8) is 0 Å². The lowest BCUT2D eigenvalue weighted by atomic mass is 9.63. The van der Waals surface area contributed by atoms with Crippen LogP contribution in [-0.4, -0.2) is 29.3 Å². The van der Waals surface area contributed by atoms with E-state index >= 15 is 0 Å². The van der Waals surface area contributed by atoms with Crippen LogP contribution in [0.15, 0.2) is 30.3 Å². The highest BCUT2D eigenvalue weighted by Crippen LogP contribution is 2.49. The van der Waals surface area contributed by atoms with Gasteiger partial charge in [-0.3, -0.25) is 9.59 Å². The molecule has 0 fully saturated rings. The van der Waals surface area contributed by atoms with Crippen molar-refractivity contribution in [2.24, 2.45) is 5.41 Å². The fourth-order valence-corrected chi connectivity index (χ4v) is 3.78. The minimum absolute atomic E-state index is 0.189. The number of aryl methyl sites for hydroxylation is 1. The molecule has 3 rings (SSSR count). The van der Waals surface area contributed by atoms with Crippen molar-refractivity contribution in [1.82, 2.24) is 0 Å². The minimum atomic E-state index is -1.07. The Hall–Kier alpha value is -2.56. The zero-order valence-corrected chi connectivity index (χ0v) is 13.7. The van der Waals surface area contributed by atoms with Gasteiger partial charge in [0, 0.05) is 5.92 Å². The molecule has 0 heterocycles. The molecule has 2 N–H and O–H groups in total. The third kappa shape index (κ3) is 2.50. The maximum Gasteiger partial charge on any atom is 0.309 e. The SMILES string of the molecule is COc1ccc2ccc3c(c2c1)CCC(C)(C(=O)O)C3CC(=O)O. The third-order valence-electron chi connectivity index (χ3n) is 5.28. The van der Waals surface area contributed by atoms with Gasteiger partial charge in [-0.2, -0.15) is 0 Å². The van der Waals surface area contributed by atoms with Crippen LogP contribution in [0.3, 0.4) is 0 Å². The van der Waals surface area contributed by atoms with Crippen LogP contribution in [0.1, 0.15) is 36.8 Å². The highest BCUT2D eigenvalue weighted by atomic mass is 16.5. The Morgan fingerprint density at radius 3 is 2.58 bits per heavy atom. The molecular formula is C19H20O5. The number of methoxy groups -OCH3 is 1. The summed E-state index contributed by atoms with van der Waals surface area (Å²) < 4.78 is 5.30. The number of fused-ring (bicyclic) bond motifs is 3. The molecule has 5 heteroatoms. The van der Waals surface area contributed by atoms with Gasteiger partial charge in [-0.15, -0.1) is 0 Å². The van der Waals surface area contributed by atoms with Gasteiger partial charge in [0.05, 0.1) is 18.9 Å². The van der Waals surface area contributed by atoms with Crippen LogP contribution in [0, 0.1) is 5.41 Å². The van der Waals surface area contributed by atoms with Crippen molar-refractivity contribution >= 4 is 22.7 Å². The van der Waals surface area contributed by atoms with Crippen molar-refractivity contribution in [2.75, 3.05) is 7.11 Å². The van der Waals surface area contributed by atoms with Crippen LogP contribution in [0.2, 0.25) is 0 Å². The summed E-state index contributed by atoms with van der Waals surface area (Å²) in [7, 11) is 1.60. The minimum Gasteiger partial charge on any atom is -0.497 e. The van der Waals surface area contributed by atoms with Gasteiger partial charge < -0.3 is 14.9 Å². The first-order chi connectivity index (χ1) is 11.4. The standard InChI is InChI=1S/C19H20O5/c1-19(18(22)23)8-7-13-14(16(19)10-17(20)21)6-4-11-3-5-12(24-2)9-15(11)13/h3-6,9,16H,7-8,10H2,1-2H3,(H,20,21)(H,22,23). The van der Waals surface area contributed by atoms with E-state index in [4.69, 9.17) is 4.74 Å². The molecule has 2 unspecified atom stereocenters. The number of ether oxygens (including phenoxy) is 1. The molecule has 0 aliphatic heterocycles. The quantitative estimate of drug-likeness (QED) is 0.898. The number of carboxylic acids is 2. The van der Waals surface area contributed by atoms with Crippen LogP contribution in [0.4, 0.5) is 0 Å². The van der Waals surface area contributed by atoms with Gasteiger partial charge in [0.1, 0.15) is 5.75 Å². The Labute approximate surface area is 139 Å². The number of aliphatic carboxylic acids is 2. The molecule has 2 aromatic rings. The zero-order valence-electron chi connectivity index (χ0n) is 13.7. The van der Waals surface area contributed by atoms with E-state index in [-0.39, 0.29) is 6.42 Å². The van der Waals surface area contributed by atoms with E-state index in [2.05, 4.69) is 0 Å². The molecule has 0 bridgehead atoms. The van der Waals surface area contributed by atoms with Crippen molar-refractivity contribution in [2.45, 2.75) is 32.1 Å². The molecule has 0 spiro atoms. The van der Waals surface area contributed by atoms with Crippen LogP contribution in [-0.2, 0) is 16.0 Å². The third-order valence-corrected chi connectivity index (χ3v) is 5.28. The molecule has 0 radical (unpaired) electrons. The molecule has 126 valence electrons. The van der Waals surface area contributed by atoms with E-state index < -0.39 is 23.3 Å². The van der Waals surface area contributed by atoms with Crippen molar-refractivity contribution < 1.29 is 24.5 Å². The molecule has 0 saturated carbocycles. The highest BCUT2D eigenvalue weighted by Gasteiger charge is 2.46. The summed E-state index contributed by atoms with van der Waals surface area (Å²) in [6.07, 6.45) is 0.841. The van der Waals surface area contributed by atoms with Crippen molar-refractivity contribution in [1.29, 1.82) is 0 Å². The number of hydrogen-bond acceptors (Lipinski definition) is 3. The first kappa shape index (κ1) is 16.3. The van der Waals surface area contributed by atoms with Crippen LogP contribution < -0.4 is 4.74 Å². The van der Waals surface area contributed by atoms with E-state index in [1.54, 1.807) is 14.0 Å². The van der Waals surface area contributed by atoms with Gasteiger partial charge in [-0.05, 0) is 53.8 Å². The summed E-state index contributed by atoms with van der Waals surface area (Å²) >= 11 is 0. The van der Waals surface area contributed by atoms with Gasteiger partial charge in [0.15, 0.2) is 0 Å². The maximum atomic E-state index is 11.8. The first-order valence-corrected chi connectivity index (χ1v) is 7.91. The normalized spacial score (nSPS) is 22.8. The predicted molar refractivity (Wildman–Crippen MR) is 89.6 cm³/mol. The molecule has 1 aliphatic rings. The summed E-state index contributed by atoms with van der Waals surface area (Å²) in [5, 5.41) is 21.0. The maximum absolute atomic E-state index is 11.8. The molecule has 1 aliphatic carbocycles. The topological polar surface area (TPSA) is 83.8 Å². The number of hydrogen-bond donors (Lipinski definition) is 2. The van der Waals surface area contributed by atoms with Gasteiger partial charge in [-0.1, -0.05) is 18.2 Å². The van der Waals surface area contributed by atoms with Gasteiger partial charge >= 0.3 is 11.9 Å². The van der Waals surface area contributed by atoms with E-state index in [0.29, 0.717) is 12.8 Å². The second-order valence-corrected chi connectivity index (χ2v) is 6.59. The Morgan fingerprint density at radius 1 is 1.25 bits per heavy atom. The number of benzene rings is 2. The molecule has 2 atom stereocenters. The molecular weight excluding hydrogens is 308 g/mol. The lowest BCUT2D eigenvalue weighted by Crippen LogP contribution is -2.39. The van der Waals surface area contributed by atoms with Crippen LogP contribution in [0.25, 0.3) is 10.8 Å². The number of rotatable bonds is 4. The summed E-state index contributed by atoms with van der Waals surface area (Å²) in [4.78, 5) is 23.2. The van der Waals surface area contributed by atoms with Gasteiger partial charge in [-0.25, -0.2) is 0 Å². The van der Waals surface area contributed by atoms with E-state index in [1.165, 1.54) is 0 Å². The summed E-state index contributed by atoms with van der Waals surface area (Å²) in [6, 6.07) is 9.60. The average Bonchev–Trinajstić information content (AvgIpc) is 2.56. The fourth-order valence-electron chi connectivity index (χ4n) is 3.78. The summed E-state index contributed by atoms with van der Waals surface area (Å²) in [5.74, 6) is -1.74. The Morgan fingerprint density at radius 2 is 1.96 bits per heavy atom. The Kier molecular flexibility index (Phi) is 3.95. The second-order valence-electron chi connectivity index (χ2n) is 6.59. The molecule has 5 nitrogen and oxygen atoms in total. The fraction of sp³-hybridized carbons (Fsp3) is 0.368. The van der Waals surface area contributed by atoms with E-state index in [0.717, 1.165) is 27.6 Å². The molecule has 2 aromatic carbocycles. The van der Waals surface area contributed by atoms with E-state index in [1.807, 2.05) is 30.3 Å². The average molecular weight is 328 g/mol. The van der Waals surface area contributed by atoms with E-state index in [9.17, 15) is 19.8 Å². The number of carboxylic acid groups (broad SMARTS) is 2. The lowest BCUT2D eigenvalue weighted by molar-refractivity contribution is -0.151. The summed E-state index contributed by atoms with van der Waals surface area (Å²) in [5.41, 5.74) is 0.795. The van der Waals surface area contributed by atoms with Gasteiger partial charge in [0.25, 0.3) is 0 Å². The monoisotopic (exact) mass is 328 g/mol. The summed E-state index contributed by atoms with van der Waals surface area (Å²) in [6.45, 7) is 1.65. The Balaban J connectivity index is 2.22. The van der Waals surface area contributed by atoms with Crippen molar-refractivity contribution in [3.05, 3.63) is 41.5 Å². The van der Waals surface area contributed by atoms with Crippen LogP contribution in [0.5, 0.6) is 5.75 Å². The zero-order chi connectivity index (χ0) is 17.5. The lowest BCUT2D eigenvalue weighted by Gasteiger charge is -2.39. The number of carbonyl (C=O) groups is 2. The second kappa shape index (κ2) is 5.82. The molecule has 0 aromatic heterocycles.